The van der Waals surface area contributed by atoms with Crippen LogP contribution in [0.25, 0.3) is 11.1 Å². The van der Waals surface area contributed by atoms with Crippen molar-refractivity contribution >= 4 is 39.8 Å². The van der Waals surface area contributed by atoms with Gasteiger partial charge in [0, 0.05) is 27.6 Å². The lowest BCUT2D eigenvalue weighted by molar-refractivity contribution is -0.118. The Balaban J connectivity index is 1.84. The molecular formula is C21H25ClN2O4S. The van der Waals surface area contributed by atoms with Crippen molar-refractivity contribution < 1.29 is 19.4 Å². The molecule has 2 N–H and O–H groups in total. The quantitative estimate of drug-likeness (QED) is 0.640. The highest BCUT2D eigenvalue weighted by Gasteiger charge is 2.26. The van der Waals surface area contributed by atoms with E-state index in [2.05, 4.69) is 5.32 Å². The van der Waals surface area contributed by atoms with E-state index < -0.39 is 5.97 Å². The Morgan fingerprint density at radius 1 is 1.31 bits per heavy atom. The van der Waals surface area contributed by atoms with Gasteiger partial charge in [-0.05, 0) is 32.4 Å². The fourth-order valence-electron chi connectivity index (χ4n) is 3.56. The predicted octanol–water partition coefficient (Wildman–Crippen LogP) is 4.03. The number of rotatable bonds is 7. The first-order valence-electron chi connectivity index (χ1n) is 9.73. The maximum absolute atomic E-state index is 12.7. The molecule has 29 heavy (non-hydrogen) atoms. The summed E-state index contributed by atoms with van der Waals surface area (Å²) in [6.07, 6.45) is 2.95. The van der Waals surface area contributed by atoms with Gasteiger partial charge in [-0.3, -0.25) is 9.69 Å². The monoisotopic (exact) mass is 436 g/mol. The van der Waals surface area contributed by atoms with Crippen LogP contribution in [0.3, 0.4) is 0 Å². The number of hydrogen-bond acceptors (Lipinski definition) is 6. The second-order valence-electron chi connectivity index (χ2n) is 6.90. The van der Waals surface area contributed by atoms with Gasteiger partial charge in [-0.15, -0.1) is 11.3 Å². The highest BCUT2D eigenvalue weighted by atomic mass is 35.5. The van der Waals surface area contributed by atoms with Crippen molar-refractivity contribution in [2.45, 2.75) is 32.2 Å². The smallest absolute Gasteiger partial charge is 0.341 e. The first kappa shape index (κ1) is 21.8. The molecule has 156 valence electrons. The third kappa shape index (κ3) is 5.17. The zero-order chi connectivity index (χ0) is 20.8. The number of anilines is 1. The number of piperidine rings is 1. The van der Waals surface area contributed by atoms with E-state index in [9.17, 15) is 14.7 Å². The Morgan fingerprint density at radius 2 is 2.10 bits per heavy atom. The highest BCUT2D eigenvalue weighted by Crippen LogP contribution is 2.39. The van der Waals surface area contributed by atoms with Crippen LogP contribution in [0.15, 0.2) is 29.6 Å². The lowest BCUT2D eigenvalue weighted by Gasteiger charge is -2.33. The van der Waals surface area contributed by atoms with E-state index in [0.717, 1.165) is 25.8 Å². The number of hydrogen-bond donors (Lipinski definition) is 2. The largest absolute Gasteiger partial charge is 0.462 e. The summed E-state index contributed by atoms with van der Waals surface area (Å²) < 4.78 is 5.22. The number of benzene rings is 1. The number of carbonyl (C=O) groups excluding carboxylic acids is 2. The number of esters is 1. The summed E-state index contributed by atoms with van der Waals surface area (Å²) in [5, 5.41) is 15.2. The van der Waals surface area contributed by atoms with E-state index in [4.69, 9.17) is 16.3 Å². The topological polar surface area (TPSA) is 78.9 Å². The maximum Gasteiger partial charge on any atom is 0.341 e. The van der Waals surface area contributed by atoms with Crippen LogP contribution < -0.4 is 5.32 Å². The van der Waals surface area contributed by atoms with Gasteiger partial charge in [0.05, 0.1) is 19.8 Å². The Kier molecular flexibility index (Phi) is 7.66. The second-order valence-corrected chi connectivity index (χ2v) is 8.19. The summed E-state index contributed by atoms with van der Waals surface area (Å²) in [6, 6.07) is 7.25. The molecule has 0 aliphatic carbocycles. The van der Waals surface area contributed by atoms with Crippen molar-refractivity contribution in [3.8, 4) is 11.1 Å². The molecule has 0 unspecified atom stereocenters. The Morgan fingerprint density at radius 3 is 2.83 bits per heavy atom. The van der Waals surface area contributed by atoms with Crippen LogP contribution in [-0.2, 0) is 9.53 Å². The van der Waals surface area contributed by atoms with Crippen LogP contribution in [0.1, 0.15) is 36.5 Å². The standard InChI is InChI=1S/C21H25ClN2O4S/c1-2-28-21(27)19-16(15-8-3-4-9-17(15)22)13-29-20(19)23-18(26)11-24-10-6-5-7-14(24)12-25/h3-4,8-9,13-14,25H,2,5-7,10-12H2,1H3,(H,23,26)/t14-/m0/s1. The van der Waals surface area contributed by atoms with Gasteiger partial charge >= 0.3 is 5.97 Å². The summed E-state index contributed by atoms with van der Waals surface area (Å²) in [6.45, 7) is 2.96. The van der Waals surface area contributed by atoms with Crippen molar-refractivity contribution in [1.29, 1.82) is 0 Å². The lowest BCUT2D eigenvalue weighted by Crippen LogP contribution is -2.45. The lowest BCUT2D eigenvalue weighted by atomic mass is 10.0. The van der Waals surface area contributed by atoms with Gasteiger partial charge < -0.3 is 15.2 Å². The van der Waals surface area contributed by atoms with Gasteiger partial charge in [-0.25, -0.2) is 4.79 Å². The fourth-order valence-corrected chi connectivity index (χ4v) is 4.76. The predicted molar refractivity (Wildman–Crippen MR) is 116 cm³/mol. The number of halogens is 1. The third-order valence-corrected chi connectivity index (χ3v) is 6.22. The third-order valence-electron chi connectivity index (χ3n) is 4.99. The van der Waals surface area contributed by atoms with E-state index in [-0.39, 0.29) is 31.7 Å². The number of thiophene rings is 1. The van der Waals surface area contributed by atoms with Crippen LogP contribution in [0.2, 0.25) is 5.02 Å². The molecule has 0 radical (unpaired) electrons. The molecule has 0 bridgehead atoms. The van der Waals surface area contributed by atoms with E-state index in [1.165, 1.54) is 11.3 Å². The van der Waals surface area contributed by atoms with Crippen molar-refractivity contribution in [2.75, 3.05) is 31.6 Å². The summed E-state index contributed by atoms with van der Waals surface area (Å²) in [5.74, 6) is -0.714. The Bertz CT molecular complexity index is 870. The van der Waals surface area contributed by atoms with Crippen LogP contribution in [0, 0.1) is 0 Å². The molecule has 1 atom stereocenters. The van der Waals surface area contributed by atoms with Gasteiger partial charge in [0.2, 0.25) is 5.91 Å². The van der Waals surface area contributed by atoms with E-state index in [0.29, 0.717) is 26.7 Å². The number of amides is 1. The number of aliphatic hydroxyl groups excluding tert-OH is 1. The minimum atomic E-state index is -0.495. The zero-order valence-electron chi connectivity index (χ0n) is 16.3. The van der Waals surface area contributed by atoms with Gasteiger partial charge in [0.15, 0.2) is 0 Å². The number of ether oxygens (including phenoxy) is 1. The van der Waals surface area contributed by atoms with Crippen molar-refractivity contribution in [2.24, 2.45) is 0 Å². The highest BCUT2D eigenvalue weighted by molar-refractivity contribution is 7.15. The summed E-state index contributed by atoms with van der Waals surface area (Å²) >= 11 is 7.59. The van der Waals surface area contributed by atoms with Crippen molar-refractivity contribution in [1.82, 2.24) is 4.90 Å². The van der Waals surface area contributed by atoms with E-state index in [1.54, 1.807) is 18.4 Å². The normalized spacial score (nSPS) is 17.1. The molecule has 0 spiro atoms. The van der Waals surface area contributed by atoms with Gasteiger partial charge in [0.1, 0.15) is 10.6 Å². The van der Waals surface area contributed by atoms with Gasteiger partial charge in [-0.1, -0.05) is 36.2 Å². The van der Waals surface area contributed by atoms with Crippen LogP contribution >= 0.6 is 22.9 Å². The number of carbonyl (C=O) groups is 2. The first-order chi connectivity index (χ1) is 14.0. The Labute approximate surface area is 179 Å². The summed E-state index contributed by atoms with van der Waals surface area (Å²) in [7, 11) is 0. The van der Waals surface area contributed by atoms with Gasteiger partial charge in [0.25, 0.3) is 0 Å². The number of likely N-dealkylation sites (tertiary alicyclic amines) is 1. The van der Waals surface area contributed by atoms with Gasteiger partial charge in [-0.2, -0.15) is 0 Å². The van der Waals surface area contributed by atoms with Crippen LogP contribution in [-0.4, -0.2) is 54.2 Å². The SMILES string of the molecule is CCOC(=O)c1c(-c2ccccc2Cl)csc1NC(=O)CN1CCCC[C@H]1CO. The number of nitrogens with zero attached hydrogens (tertiary/aromatic N) is 1. The van der Waals surface area contributed by atoms with Crippen molar-refractivity contribution in [3.05, 3.63) is 40.2 Å². The molecule has 1 fully saturated rings. The fraction of sp³-hybridized carbons (Fsp3) is 0.429. The van der Waals surface area contributed by atoms with E-state index in [1.807, 2.05) is 23.1 Å². The maximum atomic E-state index is 12.7. The Hall–Kier alpha value is -1.93. The average Bonchev–Trinajstić information content (AvgIpc) is 3.12. The van der Waals surface area contributed by atoms with Crippen molar-refractivity contribution in [3.63, 3.8) is 0 Å². The summed E-state index contributed by atoms with van der Waals surface area (Å²) in [4.78, 5) is 27.3. The minimum Gasteiger partial charge on any atom is -0.462 e. The average molecular weight is 437 g/mol. The molecule has 1 aliphatic rings. The second kappa shape index (κ2) is 10.2. The molecule has 2 heterocycles. The molecule has 2 aromatic rings. The summed E-state index contributed by atoms with van der Waals surface area (Å²) in [5.41, 5.74) is 1.67. The first-order valence-corrected chi connectivity index (χ1v) is 11.0. The van der Waals surface area contributed by atoms with Crippen LogP contribution in [0.5, 0.6) is 0 Å². The molecule has 8 heteroatoms. The van der Waals surface area contributed by atoms with Crippen LogP contribution in [0.4, 0.5) is 5.00 Å². The zero-order valence-corrected chi connectivity index (χ0v) is 17.9. The molecule has 1 aliphatic heterocycles. The van der Waals surface area contributed by atoms with E-state index >= 15 is 0 Å². The molecule has 6 nitrogen and oxygen atoms in total. The number of aliphatic hydroxyl groups is 1. The number of nitrogens with one attached hydrogen (secondary N) is 1. The molecule has 0 saturated carbocycles. The minimum absolute atomic E-state index is 0.000971. The molecule has 1 saturated heterocycles. The molecule has 1 aromatic heterocycles. The molecular weight excluding hydrogens is 412 g/mol. The molecule has 1 aromatic carbocycles. The molecule has 3 rings (SSSR count). The molecule has 1 amide bonds.